The lowest BCUT2D eigenvalue weighted by molar-refractivity contribution is -0.121. The lowest BCUT2D eigenvalue weighted by Crippen LogP contribution is -2.47. The zero-order valence-electron chi connectivity index (χ0n) is 17.4. The Bertz CT molecular complexity index is 1060. The number of hydrogen-bond donors (Lipinski definition) is 0. The maximum Gasteiger partial charge on any atom is 0.282 e. The number of nitrogens with zero attached hydrogens (tertiary/aromatic N) is 2. The van der Waals surface area contributed by atoms with Gasteiger partial charge in [0.15, 0.2) is 0 Å². The topological polar surface area (TPSA) is 59.1 Å². The molecular formula is C23H22F2N2O4. The third-order valence-electron chi connectivity index (χ3n) is 5.32. The van der Waals surface area contributed by atoms with Crippen molar-refractivity contribution in [2.75, 3.05) is 25.1 Å². The second-order valence-electron chi connectivity index (χ2n) is 7.66. The van der Waals surface area contributed by atoms with Gasteiger partial charge in [-0.1, -0.05) is 12.1 Å². The van der Waals surface area contributed by atoms with Crippen LogP contribution in [0.3, 0.4) is 0 Å². The van der Waals surface area contributed by atoms with Crippen LogP contribution in [0.4, 0.5) is 14.5 Å². The van der Waals surface area contributed by atoms with Crippen molar-refractivity contribution >= 4 is 23.1 Å². The van der Waals surface area contributed by atoms with E-state index in [-0.39, 0.29) is 29.2 Å². The highest BCUT2D eigenvalue weighted by Crippen LogP contribution is 2.37. The van der Waals surface area contributed by atoms with Crippen molar-refractivity contribution in [1.82, 2.24) is 4.90 Å². The average molecular weight is 428 g/mol. The number of imide groups is 1. The van der Waals surface area contributed by atoms with Gasteiger partial charge in [-0.05, 0) is 43.7 Å². The van der Waals surface area contributed by atoms with E-state index in [0.717, 1.165) is 17.0 Å². The summed E-state index contributed by atoms with van der Waals surface area (Å²) < 4.78 is 38.9. The van der Waals surface area contributed by atoms with E-state index in [9.17, 15) is 18.4 Å². The average Bonchev–Trinajstić information content (AvgIpc) is 2.98. The van der Waals surface area contributed by atoms with Gasteiger partial charge in [0.05, 0.1) is 30.6 Å². The van der Waals surface area contributed by atoms with Crippen molar-refractivity contribution in [3.05, 3.63) is 65.4 Å². The van der Waals surface area contributed by atoms with Crippen LogP contribution in [0, 0.1) is 11.6 Å². The number of amides is 2. The summed E-state index contributed by atoms with van der Waals surface area (Å²) in [6.45, 7) is 4.57. The first kappa shape index (κ1) is 21.0. The predicted octanol–water partition coefficient (Wildman–Crippen LogP) is 3.37. The maximum atomic E-state index is 14.5. The Morgan fingerprint density at radius 1 is 0.968 bits per heavy atom. The predicted molar refractivity (Wildman–Crippen MR) is 110 cm³/mol. The van der Waals surface area contributed by atoms with Gasteiger partial charge in [0, 0.05) is 19.2 Å². The smallest absolute Gasteiger partial charge is 0.282 e. The fraction of sp³-hybridized carbons (Fsp3) is 0.304. The molecule has 2 unspecified atom stereocenters. The van der Waals surface area contributed by atoms with Gasteiger partial charge in [-0.2, -0.15) is 0 Å². The van der Waals surface area contributed by atoms with E-state index in [2.05, 4.69) is 0 Å². The fourth-order valence-corrected chi connectivity index (χ4v) is 4.07. The third-order valence-corrected chi connectivity index (χ3v) is 5.32. The van der Waals surface area contributed by atoms with Crippen molar-refractivity contribution in [3.63, 3.8) is 0 Å². The molecule has 2 aromatic rings. The minimum atomic E-state index is -0.985. The minimum absolute atomic E-state index is 0.159. The number of ether oxygens (including phenoxy) is 2. The van der Waals surface area contributed by atoms with Crippen LogP contribution in [0.1, 0.15) is 19.4 Å². The third kappa shape index (κ3) is 3.79. The van der Waals surface area contributed by atoms with E-state index < -0.39 is 23.4 Å². The molecule has 1 saturated heterocycles. The molecule has 0 saturated carbocycles. The molecule has 0 spiro atoms. The summed E-state index contributed by atoms with van der Waals surface area (Å²) >= 11 is 0. The van der Waals surface area contributed by atoms with Crippen molar-refractivity contribution in [2.24, 2.45) is 0 Å². The van der Waals surface area contributed by atoms with Gasteiger partial charge in [-0.15, -0.1) is 0 Å². The lowest BCUT2D eigenvalue weighted by atomic mass is 10.0. The number of benzene rings is 2. The zero-order valence-corrected chi connectivity index (χ0v) is 17.4. The molecule has 0 N–H and O–H groups in total. The van der Waals surface area contributed by atoms with Crippen LogP contribution in [-0.2, 0) is 14.3 Å². The van der Waals surface area contributed by atoms with Crippen LogP contribution in [-0.4, -0.2) is 49.1 Å². The largest absolute Gasteiger partial charge is 0.497 e. The summed E-state index contributed by atoms with van der Waals surface area (Å²) in [5.74, 6) is -2.50. The van der Waals surface area contributed by atoms with Crippen molar-refractivity contribution in [1.29, 1.82) is 0 Å². The van der Waals surface area contributed by atoms with Crippen LogP contribution in [0.5, 0.6) is 5.75 Å². The summed E-state index contributed by atoms with van der Waals surface area (Å²) in [6.07, 6.45) is -0.319. The molecule has 2 amide bonds. The van der Waals surface area contributed by atoms with E-state index in [0.29, 0.717) is 30.5 Å². The summed E-state index contributed by atoms with van der Waals surface area (Å²) in [6, 6.07) is 9.49. The lowest BCUT2D eigenvalue weighted by Gasteiger charge is -2.37. The molecule has 8 heteroatoms. The summed E-state index contributed by atoms with van der Waals surface area (Å²) in [5.41, 5.74) is 0.566. The first-order chi connectivity index (χ1) is 14.8. The van der Waals surface area contributed by atoms with Gasteiger partial charge < -0.3 is 14.4 Å². The van der Waals surface area contributed by atoms with Crippen molar-refractivity contribution in [3.8, 4) is 5.75 Å². The Labute approximate surface area is 178 Å². The molecule has 1 fully saturated rings. The second-order valence-corrected chi connectivity index (χ2v) is 7.66. The molecule has 2 aliphatic rings. The van der Waals surface area contributed by atoms with Gasteiger partial charge in [-0.3, -0.25) is 9.59 Å². The molecule has 0 aromatic heterocycles. The van der Waals surface area contributed by atoms with Crippen molar-refractivity contribution in [2.45, 2.75) is 26.1 Å². The molecule has 2 heterocycles. The number of anilines is 1. The molecule has 2 aromatic carbocycles. The number of morpholine rings is 1. The molecular weight excluding hydrogens is 406 g/mol. The number of carbonyl (C=O) groups excluding carboxylic acids is 2. The highest BCUT2D eigenvalue weighted by molar-refractivity contribution is 6.45. The van der Waals surface area contributed by atoms with E-state index in [1.807, 2.05) is 13.8 Å². The van der Waals surface area contributed by atoms with E-state index >= 15 is 0 Å². The Kier molecular flexibility index (Phi) is 5.49. The summed E-state index contributed by atoms with van der Waals surface area (Å²) in [5, 5.41) is 0. The van der Waals surface area contributed by atoms with E-state index in [4.69, 9.17) is 9.47 Å². The second kappa shape index (κ2) is 8.11. The van der Waals surface area contributed by atoms with Gasteiger partial charge in [0.25, 0.3) is 11.8 Å². The molecule has 4 rings (SSSR count). The summed E-state index contributed by atoms with van der Waals surface area (Å²) in [7, 11) is 1.53. The van der Waals surface area contributed by atoms with Gasteiger partial charge >= 0.3 is 0 Å². The van der Waals surface area contributed by atoms with Gasteiger partial charge in [0.2, 0.25) is 0 Å². The monoisotopic (exact) mass is 428 g/mol. The Morgan fingerprint density at radius 3 is 2.19 bits per heavy atom. The number of methoxy groups -OCH3 is 1. The molecule has 2 atom stereocenters. The maximum absolute atomic E-state index is 14.5. The number of carbonyl (C=O) groups is 2. The highest BCUT2D eigenvalue weighted by Gasteiger charge is 2.44. The first-order valence-corrected chi connectivity index (χ1v) is 9.93. The van der Waals surface area contributed by atoms with E-state index in [1.54, 1.807) is 29.2 Å². The number of rotatable bonds is 4. The molecule has 31 heavy (non-hydrogen) atoms. The van der Waals surface area contributed by atoms with Crippen LogP contribution in [0.25, 0.3) is 5.57 Å². The molecule has 0 radical (unpaired) electrons. The van der Waals surface area contributed by atoms with Crippen LogP contribution in [0.15, 0.2) is 48.2 Å². The fourth-order valence-electron chi connectivity index (χ4n) is 4.07. The van der Waals surface area contributed by atoms with Crippen LogP contribution >= 0.6 is 0 Å². The quantitative estimate of drug-likeness (QED) is 0.699. The standard InChI is InChI=1S/C23H22F2N2O4/c1-13-11-26(12-14(2)31-13)21-20(15-4-7-17(30-3)8-5-15)22(28)27(23(21)29)19-9-6-16(24)10-18(19)25/h4-10,13-14H,11-12H2,1-3H3. The van der Waals surface area contributed by atoms with Gasteiger partial charge in [-0.25, -0.2) is 13.7 Å². The Morgan fingerprint density at radius 2 is 1.61 bits per heavy atom. The summed E-state index contributed by atoms with van der Waals surface area (Å²) in [4.78, 5) is 29.5. The highest BCUT2D eigenvalue weighted by atomic mass is 19.1. The normalized spacial score (nSPS) is 21.8. The number of hydrogen-bond acceptors (Lipinski definition) is 5. The van der Waals surface area contributed by atoms with E-state index in [1.165, 1.54) is 7.11 Å². The molecule has 0 bridgehead atoms. The Hall–Kier alpha value is -3.26. The molecule has 162 valence electrons. The SMILES string of the molecule is COc1ccc(C2=C(N3CC(C)OC(C)C3)C(=O)N(c3ccc(F)cc3F)C2=O)cc1. The molecule has 6 nitrogen and oxygen atoms in total. The van der Waals surface area contributed by atoms with Crippen LogP contribution < -0.4 is 9.64 Å². The molecule has 0 aliphatic carbocycles. The zero-order chi connectivity index (χ0) is 22.3. The van der Waals surface area contributed by atoms with Gasteiger partial charge in [0.1, 0.15) is 23.1 Å². The minimum Gasteiger partial charge on any atom is -0.497 e. The van der Waals surface area contributed by atoms with Crippen molar-refractivity contribution < 1.29 is 27.8 Å². The Balaban J connectivity index is 1.84. The van der Waals surface area contributed by atoms with Crippen LogP contribution in [0.2, 0.25) is 0 Å². The number of halogens is 2. The molecule has 2 aliphatic heterocycles. The first-order valence-electron chi connectivity index (χ1n) is 9.93.